The maximum Gasteiger partial charge on any atom is 0.226 e. The van der Waals surface area contributed by atoms with Crippen LogP contribution in [0.2, 0.25) is 0 Å². The van der Waals surface area contributed by atoms with Crippen LogP contribution < -0.4 is 4.74 Å². The van der Waals surface area contributed by atoms with Crippen LogP contribution in [0.5, 0.6) is 5.75 Å². The molecule has 30 heavy (non-hydrogen) atoms. The Morgan fingerprint density at radius 1 is 0.967 bits per heavy atom. The lowest BCUT2D eigenvalue weighted by Gasteiger charge is -2.38. The van der Waals surface area contributed by atoms with Gasteiger partial charge in [0.2, 0.25) is 5.91 Å². The molecule has 2 fully saturated rings. The van der Waals surface area contributed by atoms with Crippen LogP contribution in [-0.4, -0.2) is 49.0 Å². The molecule has 0 aliphatic carbocycles. The zero-order chi connectivity index (χ0) is 20.8. The Bertz CT molecular complexity index is 815. The van der Waals surface area contributed by atoms with Gasteiger partial charge in [-0.1, -0.05) is 42.5 Å². The van der Waals surface area contributed by atoms with Gasteiger partial charge in [-0.25, -0.2) is 0 Å². The Morgan fingerprint density at radius 2 is 1.73 bits per heavy atom. The molecule has 0 aromatic heterocycles. The minimum Gasteiger partial charge on any atom is -0.497 e. The molecule has 2 aromatic rings. The van der Waals surface area contributed by atoms with Crippen molar-refractivity contribution in [1.29, 1.82) is 0 Å². The average Bonchev–Trinajstić information content (AvgIpc) is 2.80. The lowest BCUT2D eigenvalue weighted by molar-refractivity contribution is -0.138. The first-order valence-electron chi connectivity index (χ1n) is 11.4. The van der Waals surface area contributed by atoms with Crippen molar-refractivity contribution in [2.45, 2.75) is 38.6 Å². The predicted octanol–water partition coefficient (Wildman–Crippen LogP) is 4.39. The van der Waals surface area contributed by atoms with Crippen LogP contribution in [0.4, 0.5) is 0 Å². The minimum absolute atomic E-state index is 0.148. The number of ether oxygens (including phenoxy) is 1. The lowest BCUT2D eigenvalue weighted by Crippen LogP contribution is -2.47. The van der Waals surface area contributed by atoms with E-state index in [0.717, 1.165) is 70.6 Å². The van der Waals surface area contributed by atoms with Crippen molar-refractivity contribution in [3.8, 4) is 5.75 Å². The number of hydrogen-bond donors (Lipinski definition) is 0. The maximum absolute atomic E-state index is 13.2. The van der Waals surface area contributed by atoms with E-state index in [1.165, 1.54) is 11.1 Å². The largest absolute Gasteiger partial charge is 0.497 e. The summed E-state index contributed by atoms with van der Waals surface area (Å²) in [6.07, 6.45) is 5.52. The zero-order valence-electron chi connectivity index (χ0n) is 18.1. The molecule has 4 rings (SSSR count). The molecular formula is C26H34N2O2. The highest BCUT2D eigenvalue weighted by Crippen LogP contribution is 2.26. The van der Waals surface area contributed by atoms with E-state index in [9.17, 15) is 4.79 Å². The Morgan fingerprint density at radius 3 is 2.50 bits per heavy atom. The number of amides is 1. The number of benzene rings is 2. The van der Waals surface area contributed by atoms with Crippen LogP contribution in [0.25, 0.3) is 0 Å². The molecule has 2 aliphatic heterocycles. The fourth-order valence-electron chi connectivity index (χ4n) is 4.99. The first-order chi connectivity index (χ1) is 14.7. The molecule has 0 spiro atoms. The molecule has 2 aromatic carbocycles. The van der Waals surface area contributed by atoms with Gasteiger partial charge < -0.3 is 9.64 Å². The monoisotopic (exact) mass is 406 g/mol. The van der Waals surface area contributed by atoms with Crippen molar-refractivity contribution in [2.75, 3.05) is 33.3 Å². The van der Waals surface area contributed by atoms with Gasteiger partial charge in [0.15, 0.2) is 0 Å². The molecule has 4 heteroatoms. The smallest absolute Gasteiger partial charge is 0.226 e. The van der Waals surface area contributed by atoms with E-state index in [2.05, 4.69) is 52.3 Å². The molecular weight excluding hydrogens is 372 g/mol. The molecule has 0 bridgehead atoms. The average molecular weight is 407 g/mol. The summed E-state index contributed by atoms with van der Waals surface area (Å²) in [7, 11) is 1.71. The number of carbonyl (C=O) groups is 1. The van der Waals surface area contributed by atoms with Crippen molar-refractivity contribution in [3.05, 3.63) is 65.7 Å². The summed E-state index contributed by atoms with van der Waals surface area (Å²) < 4.78 is 5.35. The normalized spacial score (nSPS) is 20.8. The van der Waals surface area contributed by atoms with Gasteiger partial charge in [0.25, 0.3) is 0 Å². The maximum atomic E-state index is 13.2. The van der Waals surface area contributed by atoms with Gasteiger partial charge in [-0.05, 0) is 67.8 Å². The van der Waals surface area contributed by atoms with Gasteiger partial charge in [0.1, 0.15) is 5.75 Å². The number of hydrogen-bond acceptors (Lipinski definition) is 3. The van der Waals surface area contributed by atoms with E-state index in [1.807, 2.05) is 12.1 Å². The standard InChI is InChI=1S/C26H34N2O2/c1-30-25-11-5-9-23(18-25)19-27-14-6-10-24(20-27)26(29)28-15-12-22(13-16-28)17-21-7-3-2-4-8-21/h2-5,7-9,11,18,22,24H,6,10,12-17,19-20H2,1H3/t24-/m0/s1. The number of nitrogens with zero attached hydrogens (tertiary/aromatic N) is 2. The SMILES string of the molecule is COc1cccc(CN2CCC[C@H](C(=O)N3CCC(Cc4ccccc4)CC3)C2)c1. The van der Waals surface area contributed by atoms with Crippen LogP contribution in [0.3, 0.4) is 0 Å². The Kier molecular flexibility index (Phi) is 7.06. The number of methoxy groups -OCH3 is 1. The van der Waals surface area contributed by atoms with Crippen molar-refractivity contribution in [3.63, 3.8) is 0 Å². The van der Waals surface area contributed by atoms with Crippen LogP contribution in [0, 0.1) is 11.8 Å². The van der Waals surface area contributed by atoms with Gasteiger partial charge >= 0.3 is 0 Å². The molecule has 2 aliphatic rings. The highest BCUT2D eigenvalue weighted by atomic mass is 16.5. The highest BCUT2D eigenvalue weighted by Gasteiger charge is 2.31. The second-order valence-corrected chi connectivity index (χ2v) is 8.88. The Hall–Kier alpha value is -2.33. The predicted molar refractivity (Wildman–Crippen MR) is 120 cm³/mol. The molecule has 2 saturated heterocycles. The molecule has 0 unspecified atom stereocenters. The van der Waals surface area contributed by atoms with Gasteiger partial charge in [-0.2, -0.15) is 0 Å². The zero-order valence-corrected chi connectivity index (χ0v) is 18.1. The summed E-state index contributed by atoms with van der Waals surface area (Å²) in [6.45, 7) is 4.67. The van der Waals surface area contributed by atoms with E-state index in [1.54, 1.807) is 7.11 Å². The molecule has 0 N–H and O–H groups in total. The lowest BCUT2D eigenvalue weighted by atomic mass is 9.89. The molecule has 4 nitrogen and oxygen atoms in total. The van der Waals surface area contributed by atoms with Crippen molar-refractivity contribution in [2.24, 2.45) is 11.8 Å². The van der Waals surface area contributed by atoms with Crippen LogP contribution in [0.15, 0.2) is 54.6 Å². The summed E-state index contributed by atoms with van der Waals surface area (Å²) in [4.78, 5) is 17.8. The molecule has 0 saturated carbocycles. The molecule has 1 atom stereocenters. The Labute approximate surface area is 180 Å². The quantitative estimate of drug-likeness (QED) is 0.713. The van der Waals surface area contributed by atoms with E-state index < -0.39 is 0 Å². The van der Waals surface area contributed by atoms with E-state index >= 15 is 0 Å². The molecule has 2 heterocycles. The summed E-state index contributed by atoms with van der Waals surface area (Å²) >= 11 is 0. The molecule has 0 radical (unpaired) electrons. The van der Waals surface area contributed by atoms with Crippen molar-refractivity contribution < 1.29 is 9.53 Å². The van der Waals surface area contributed by atoms with Gasteiger partial charge in [-0.15, -0.1) is 0 Å². The van der Waals surface area contributed by atoms with Crippen LogP contribution in [0.1, 0.15) is 36.8 Å². The van der Waals surface area contributed by atoms with E-state index in [-0.39, 0.29) is 5.92 Å². The van der Waals surface area contributed by atoms with Gasteiger partial charge in [0, 0.05) is 26.2 Å². The van der Waals surface area contributed by atoms with Crippen molar-refractivity contribution in [1.82, 2.24) is 9.80 Å². The minimum atomic E-state index is 0.148. The molecule has 160 valence electrons. The fourth-order valence-corrected chi connectivity index (χ4v) is 4.99. The topological polar surface area (TPSA) is 32.8 Å². The third-order valence-electron chi connectivity index (χ3n) is 6.69. The van der Waals surface area contributed by atoms with Gasteiger partial charge in [-0.3, -0.25) is 9.69 Å². The summed E-state index contributed by atoms with van der Waals surface area (Å²) in [5.74, 6) is 2.13. The second-order valence-electron chi connectivity index (χ2n) is 8.88. The molecule has 1 amide bonds. The fraction of sp³-hybridized carbons (Fsp3) is 0.500. The summed E-state index contributed by atoms with van der Waals surface area (Å²) in [5.41, 5.74) is 2.67. The number of likely N-dealkylation sites (tertiary alicyclic amines) is 2. The third-order valence-corrected chi connectivity index (χ3v) is 6.69. The second kappa shape index (κ2) is 10.1. The Balaban J connectivity index is 1.27. The number of carbonyl (C=O) groups excluding carboxylic acids is 1. The van der Waals surface area contributed by atoms with Gasteiger partial charge in [0.05, 0.1) is 13.0 Å². The van der Waals surface area contributed by atoms with E-state index in [0.29, 0.717) is 11.8 Å². The van der Waals surface area contributed by atoms with E-state index in [4.69, 9.17) is 4.74 Å². The van der Waals surface area contributed by atoms with Crippen molar-refractivity contribution >= 4 is 5.91 Å². The summed E-state index contributed by atoms with van der Waals surface area (Å²) in [6, 6.07) is 19.0. The summed E-state index contributed by atoms with van der Waals surface area (Å²) in [5, 5.41) is 0. The third kappa shape index (κ3) is 5.42. The van der Waals surface area contributed by atoms with Crippen LogP contribution >= 0.6 is 0 Å². The number of piperidine rings is 2. The van der Waals surface area contributed by atoms with Crippen LogP contribution in [-0.2, 0) is 17.8 Å². The number of rotatable bonds is 6. The first-order valence-corrected chi connectivity index (χ1v) is 11.4. The highest BCUT2D eigenvalue weighted by molar-refractivity contribution is 5.79. The first kappa shape index (κ1) is 20.9.